The first-order valence-electron chi connectivity index (χ1n) is 46.3. The zero-order chi connectivity index (χ0) is 99.2. The zero-order valence-electron chi connectivity index (χ0n) is 80.6. The lowest BCUT2D eigenvalue weighted by Crippen LogP contribution is -2.52. The van der Waals surface area contributed by atoms with Gasteiger partial charge in [0, 0.05) is 128 Å². The molecule has 0 aromatic heterocycles. The predicted octanol–water partition coefficient (Wildman–Crippen LogP) is 10.7. The molecule has 12 heterocycles. The maximum atomic E-state index is 12.9. The van der Waals surface area contributed by atoms with E-state index in [1.54, 1.807) is 35.5 Å². The van der Waals surface area contributed by atoms with Gasteiger partial charge in [0.2, 0.25) is 70.9 Å². The van der Waals surface area contributed by atoms with Crippen molar-refractivity contribution < 1.29 is 86.3 Å². The van der Waals surface area contributed by atoms with Crippen molar-refractivity contribution >= 4 is 106 Å². The van der Waals surface area contributed by atoms with Crippen LogP contribution in [0.5, 0.6) is 0 Å². The van der Waals surface area contributed by atoms with Gasteiger partial charge in [-0.3, -0.25) is 118 Å². The number of nitrogens with one attached hydrogen (secondary N) is 6. The summed E-state index contributed by atoms with van der Waals surface area (Å²) in [5, 5.41) is 13.9. The summed E-state index contributed by atoms with van der Waals surface area (Å²) < 4.78 is 0. The molecular formula is C106H120N12O18. The van der Waals surface area contributed by atoms with Crippen LogP contribution in [0.25, 0.3) is 0 Å². The molecule has 712 valence electrons. The molecule has 6 fully saturated rings. The largest absolute Gasteiger partial charge is 0.322 e. The van der Waals surface area contributed by atoms with Crippen molar-refractivity contribution in [2.45, 2.75) is 299 Å². The van der Waals surface area contributed by atoms with Crippen LogP contribution in [-0.4, -0.2) is 172 Å². The van der Waals surface area contributed by atoms with Gasteiger partial charge in [-0.25, -0.2) is 0 Å². The molecule has 30 heteroatoms. The molecule has 136 heavy (non-hydrogen) atoms. The van der Waals surface area contributed by atoms with Crippen LogP contribution < -0.4 is 31.9 Å². The first-order valence-corrected chi connectivity index (χ1v) is 46.3. The van der Waals surface area contributed by atoms with E-state index in [9.17, 15) is 86.3 Å². The quantitative estimate of drug-likeness (QED) is 0.0666. The third-order valence-electron chi connectivity index (χ3n) is 25.8. The average molecular weight is 1850 g/mol. The average Bonchev–Trinajstić information content (AvgIpc) is 1.60. The minimum absolute atomic E-state index is 0.0140. The summed E-state index contributed by atoms with van der Waals surface area (Å²) in [5.41, 5.74) is 15.0. The van der Waals surface area contributed by atoms with Gasteiger partial charge in [-0.15, -0.1) is 0 Å². The van der Waals surface area contributed by atoms with Crippen LogP contribution in [0, 0.1) is 34.5 Å². The summed E-state index contributed by atoms with van der Waals surface area (Å²) in [7, 11) is 0. The van der Waals surface area contributed by atoms with Gasteiger partial charge < -0.3 is 29.4 Å². The Balaban J connectivity index is 0.000000138. The van der Waals surface area contributed by atoms with Crippen LogP contribution in [0.1, 0.15) is 331 Å². The summed E-state index contributed by atoms with van der Waals surface area (Å²) in [6.45, 7) is 39.9. The van der Waals surface area contributed by atoms with Crippen molar-refractivity contribution in [3.05, 3.63) is 209 Å². The summed E-state index contributed by atoms with van der Waals surface area (Å²) in [6, 6.07) is 31.3. The highest BCUT2D eigenvalue weighted by atomic mass is 16.2. The van der Waals surface area contributed by atoms with E-state index in [0.29, 0.717) is 111 Å². The fraction of sp³-hybridized carbons (Fsp3) is 0.453. The fourth-order valence-corrected chi connectivity index (χ4v) is 18.5. The maximum absolute atomic E-state index is 12.9. The topological polar surface area (TPSA) is 399 Å². The van der Waals surface area contributed by atoms with Gasteiger partial charge in [0.1, 0.15) is 36.3 Å². The van der Waals surface area contributed by atoms with E-state index in [1.165, 1.54) is 5.56 Å². The Morgan fingerprint density at radius 1 is 0.265 bits per heavy atom. The van der Waals surface area contributed by atoms with Crippen LogP contribution in [0.2, 0.25) is 0 Å². The number of nitrogens with zero attached hydrogens (tertiary/aromatic N) is 6. The molecular weight excluding hydrogens is 1730 g/mol. The second-order valence-electron chi connectivity index (χ2n) is 42.5. The van der Waals surface area contributed by atoms with Crippen LogP contribution in [0.3, 0.4) is 0 Å². The zero-order valence-corrected chi connectivity index (χ0v) is 80.6. The lowest BCUT2D eigenvalue weighted by molar-refractivity contribution is -0.138. The van der Waals surface area contributed by atoms with Gasteiger partial charge in [0.05, 0.1) is 5.56 Å². The van der Waals surface area contributed by atoms with Gasteiger partial charge in [0.25, 0.3) is 35.4 Å². The highest BCUT2D eigenvalue weighted by molar-refractivity contribution is 6.11. The maximum Gasteiger partial charge on any atom is 0.256 e. The third kappa shape index (κ3) is 22.2. The van der Waals surface area contributed by atoms with Crippen LogP contribution in [0.15, 0.2) is 109 Å². The molecule has 0 saturated carbocycles. The molecule has 6 N–H and O–H groups in total. The van der Waals surface area contributed by atoms with Crippen molar-refractivity contribution in [1.29, 1.82) is 0 Å². The SMILES string of the molecule is CC(C)(C)C#Cc1ccc2c(c1)C(=O)N(C1CCC(=O)NC1=O)C2.CC(C)(C)C#Cc1cccc2c1C(=O)N(C1CCC(=O)NC1=O)C2.CC(C)(C)c1ccc2c(c1)C(=O)N(C1CCC(=O)NC1=O)C2.CC(C)(C)c1ccc2c(c1)CN(C1CCC(=O)NC1=O)C2=O.CC(C)(C)c1cccc2c1C(=O)N(C1CCC(=O)NC1=O)C2.CC(C)(C)c1cccc2c1CN(C1CCC(=O)NC1=O)C2=O. The second kappa shape index (κ2) is 38.8. The molecule has 18 rings (SSSR count). The van der Waals surface area contributed by atoms with Crippen molar-refractivity contribution in [2.24, 2.45) is 10.8 Å². The summed E-state index contributed by atoms with van der Waals surface area (Å²) in [6.07, 6.45) is 3.98. The number of amides is 18. The first-order chi connectivity index (χ1) is 63.6. The molecule has 0 radical (unpaired) electrons. The van der Waals surface area contributed by atoms with E-state index >= 15 is 0 Å². The van der Waals surface area contributed by atoms with Gasteiger partial charge in [0.15, 0.2) is 0 Å². The number of hydrogen-bond acceptors (Lipinski definition) is 18. The Morgan fingerprint density at radius 2 is 0.581 bits per heavy atom. The molecule has 30 nitrogen and oxygen atoms in total. The Kier molecular flexibility index (Phi) is 28.4. The monoisotopic (exact) mass is 1850 g/mol. The highest BCUT2D eigenvalue weighted by Crippen LogP contribution is 2.41. The van der Waals surface area contributed by atoms with Gasteiger partial charge in [-0.1, -0.05) is 180 Å². The lowest BCUT2D eigenvalue weighted by Gasteiger charge is -2.29. The normalized spacial score (nSPS) is 21.3. The summed E-state index contributed by atoms with van der Waals surface area (Å²) >= 11 is 0. The second-order valence-corrected chi connectivity index (χ2v) is 42.5. The Labute approximate surface area is 792 Å². The highest BCUT2D eigenvalue weighted by Gasteiger charge is 2.48. The molecule has 6 unspecified atom stereocenters. The molecule has 6 aromatic carbocycles. The number of rotatable bonds is 6. The summed E-state index contributed by atoms with van der Waals surface area (Å²) in [5.74, 6) is 7.85. The number of imide groups is 6. The Bertz CT molecular complexity index is 6110. The van der Waals surface area contributed by atoms with Crippen molar-refractivity contribution in [2.75, 3.05) is 0 Å². The third-order valence-corrected chi connectivity index (χ3v) is 25.8. The molecule has 6 atom stereocenters. The van der Waals surface area contributed by atoms with E-state index in [-0.39, 0.29) is 171 Å². The molecule has 6 saturated heterocycles. The van der Waals surface area contributed by atoms with Crippen LogP contribution in [0.4, 0.5) is 0 Å². The number of benzene rings is 6. The smallest absolute Gasteiger partial charge is 0.256 e. The number of hydrogen-bond donors (Lipinski definition) is 6. The van der Waals surface area contributed by atoms with E-state index in [2.05, 4.69) is 145 Å². The standard InChI is InChI=1S/2C19H20N2O3.4C17H20N2O3/c1-19(2,3)9-8-12-4-5-13-11-21(18(24)14(13)10-12)15-6-7-16(22)20-17(15)23;1-19(2,3)10-9-12-5-4-6-13-11-21(18(24)16(12)13)14-7-8-15(22)20-17(14)23;1-17(2,3)11-4-5-12-10(8-11)9-19(16(12)22)13-6-7-14(20)18-15(13)21;1-17(2,3)11-5-4-10-9-19(16(22)12(10)8-11)13-6-7-14(20)18-15(13)21;1-17(2,3)12-6-4-5-10-11(12)9-19(16(10)22)13-7-8-14(20)18-15(13)21;1-17(2,3)11-6-4-5-10-9-19(16(22)14(10)11)12-7-8-13(20)18-15(12)21/h4-5,10,15H,6-7,11H2,1-3H3,(H,20,22,23);4-6,14H,7-8,11H2,1-3H3,(H,20,22,23);2*4-5,8,13H,6-7,9H2,1-3H3,(H,18,20,21);4-6,13H,7-9H2,1-3H3,(H,18,20,21);4-6,12H,7-9H2,1-3H3,(H,18,20,21). The van der Waals surface area contributed by atoms with E-state index in [4.69, 9.17) is 0 Å². The summed E-state index contributed by atoms with van der Waals surface area (Å²) in [4.78, 5) is 226. The number of fused-ring (bicyclic) bond motifs is 6. The predicted molar refractivity (Wildman–Crippen MR) is 502 cm³/mol. The van der Waals surface area contributed by atoms with E-state index in [1.807, 2.05) is 139 Å². The van der Waals surface area contributed by atoms with Crippen LogP contribution in [-0.2, 0) is 118 Å². The Hall–Kier alpha value is -13.9. The van der Waals surface area contributed by atoms with Crippen molar-refractivity contribution in [3.8, 4) is 23.7 Å². The number of carbonyl (C=O) groups excluding carboxylic acids is 18. The molecule has 0 aliphatic carbocycles. The molecule has 18 amide bonds. The van der Waals surface area contributed by atoms with Crippen LogP contribution >= 0.6 is 0 Å². The van der Waals surface area contributed by atoms with Gasteiger partial charge >= 0.3 is 0 Å². The van der Waals surface area contributed by atoms with E-state index < -0.39 is 42.2 Å². The molecule has 6 aromatic rings. The van der Waals surface area contributed by atoms with Gasteiger partial charge in [-0.2, -0.15) is 0 Å². The number of carbonyl (C=O) groups is 18. The van der Waals surface area contributed by atoms with E-state index in [0.717, 1.165) is 61.2 Å². The Morgan fingerprint density at radius 3 is 0.985 bits per heavy atom. The molecule has 12 aliphatic heterocycles. The molecule has 0 spiro atoms. The number of piperidine rings is 6. The minimum Gasteiger partial charge on any atom is -0.322 e. The molecule has 12 aliphatic rings. The van der Waals surface area contributed by atoms with Gasteiger partial charge in [-0.05, 0) is 194 Å². The molecule has 0 bridgehead atoms. The first kappa shape index (κ1) is 99.6. The fourth-order valence-electron chi connectivity index (χ4n) is 18.5. The lowest BCUT2D eigenvalue weighted by atomic mass is 9.82. The minimum atomic E-state index is -0.592. The van der Waals surface area contributed by atoms with Crippen molar-refractivity contribution in [3.63, 3.8) is 0 Å². The van der Waals surface area contributed by atoms with Crippen molar-refractivity contribution in [1.82, 2.24) is 61.3 Å².